The first kappa shape index (κ1) is 18.0. The van der Waals surface area contributed by atoms with Crippen molar-refractivity contribution < 1.29 is 9.13 Å². The van der Waals surface area contributed by atoms with Gasteiger partial charge in [0.1, 0.15) is 11.6 Å². The minimum atomic E-state index is -0.219. The Morgan fingerprint density at radius 1 is 0.929 bits per heavy atom. The van der Waals surface area contributed by atoms with Crippen molar-refractivity contribution in [3.8, 4) is 5.75 Å². The first-order chi connectivity index (χ1) is 13.7. The Kier molecular flexibility index (Phi) is 5.18. The number of nitrogens with one attached hydrogen (secondary N) is 1. The van der Waals surface area contributed by atoms with Crippen LogP contribution < -0.4 is 19.9 Å². The SMILES string of the molecule is COc1ccc(Nc2cnnc(N3CCN(c4ccc(F)cc4)CC3)n2)cc1. The summed E-state index contributed by atoms with van der Waals surface area (Å²) in [6.45, 7) is 3.16. The molecule has 0 radical (unpaired) electrons. The van der Waals surface area contributed by atoms with Gasteiger partial charge in [-0.05, 0) is 48.5 Å². The largest absolute Gasteiger partial charge is 0.497 e. The number of ether oxygens (including phenoxy) is 1. The number of hydrogen-bond acceptors (Lipinski definition) is 7. The van der Waals surface area contributed by atoms with E-state index >= 15 is 0 Å². The number of nitrogens with zero attached hydrogens (tertiary/aromatic N) is 5. The average molecular weight is 380 g/mol. The van der Waals surface area contributed by atoms with Crippen LogP contribution in [0.3, 0.4) is 0 Å². The third kappa shape index (κ3) is 4.11. The van der Waals surface area contributed by atoms with Crippen molar-refractivity contribution in [1.29, 1.82) is 0 Å². The predicted molar refractivity (Wildman–Crippen MR) is 107 cm³/mol. The van der Waals surface area contributed by atoms with Crippen molar-refractivity contribution in [3.63, 3.8) is 0 Å². The van der Waals surface area contributed by atoms with Crippen LogP contribution in [0.4, 0.5) is 27.5 Å². The van der Waals surface area contributed by atoms with Gasteiger partial charge in [0.05, 0.1) is 13.3 Å². The zero-order valence-corrected chi connectivity index (χ0v) is 15.5. The first-order valence-electron chi connectivity index (χ1n) is 9.07. The lowest BCUT2D eigenvalue weighted by Crippen LogP contribution is -2.47. The highest BCUT2D eigenvalue weighted by Gasteiger charge is 2.20. The van der Waals surface area contributed by atoms with E-state index < -0.39 is 0 Å². The molecule has 1 aromatic heterocycles. The molecule has 3 aromatic rings. The smallest absolute Gasteiger partial charge is 0.247 e. The van der Waals surface area contributed by atoms with E-state index in [1.165, 1.54) is 12.1 Å². The Hall–Kier alpha value is -3.42. The fourth-order valence-electron chi connectivity index (χ4n) is 3.13. The van der Waals surface area contributed by atoms with Gasteiger partial charge < -0.3 is 19.9 Å². The normalized spacial score (nSPS) is 14.1. The number of rotatable bonds is 5. The zero-order valence-electron chi connectivity index (χ0n) is 15.5. The quantitative estimate of drug-likeness (QED) is 0.730. The molecule has 2 heterocycles. The Bertz CT molecular complexity index is 911. The maximum atomic E-state index is 13.1. The second-order valence-electron chi connectivity index (χ2n) is 6.45. The molecule has 0 saturated carbocycles. The minimum Gasteiger partial charge on any atom is -0.497 e. The molecule has 28 heavy (non-hydrogen) atoms. The fraction of sp³-hybridized carbons (Fsp3) is 0.250. The summed E-state index contributed by atoms with van der Waals surface area (Å²) in [4.78, 5) is 8.91. The number of benzene rings is 2. The summed E-state index contributed by atoms with van der Waals surface area (Å²) in [6.07, 6.45) is 1.60. The highest BCUT2D eigenvalue weighted by Crippen LogP contribution is 2.21. The van der Waals surface area contributed by atoms with Crippen molar-refractivity contribution in [1.82, 2.24) is 15.2 Å². The van der Waals surface area contributed by atoms with Gasteiger partial charge in [0.2, 0.25) is 5.95 Å². The third-order valence-corrected chi connectivity index (χ3v) is 4.66. The molecule has 0 bridgehead atoms. The van der Waals surface area contributed by atoms with Gasteiger partial charge in [-0.1, -0.05) is 0 Å². The lowest BCUT2D eigenvalue weighted by Gasteiger charge is -2.35. The van der Waals surface area contributed by atoms with E-state index in [1.807, 2.05) is 36.4 Å². The second kappa shape index (κ2) is 8.08. The highest BCUT2D eigenvalue weighted by molar-refractivity contribution is 5.57. The summed E-state index contributed by atoms with van der Waals surface area (Å²) in [6, 6.07) is 14.2. The van der Waals surface area contributed by atoms with E-state index in [0.29, 0.717) is 11.8 Å². The molecule has 0 atom stereocenters. The Balaban J connectivity index is 1.40. The van der Waals surface area contributed by atoms with Crippen LogP contribution in [0.15, 0.2) is 54.7 Å². The van der Waals surface area contributed by atoms with Crippen LogP contribution in [0.1, 0.15) is 0 Å². The molecular weight excluding hydrogens is 359 g/mol. The molecule has 0 amide bonds. The van der Waals surface area contributed by atoms with Crippen molar-refractivity contribution in [2.45, 2.75) is 0 Å². The van der Waals surface area contributed by atoms with Crippen LogP contribution in [0.2, 0.25) is 0 Å². The predicted octanol–water partition coefficient (Wildman–Crippen LogP) is 3.09. The van der Waals surface area contributed by atoms with Crippen LogP contribution in [0.5, 0.6) is 5.75 Å². The molecule has 0 aliphatic carbocycles. The Morgan fingerprint density at radius 2 is 1.61 bits per heavy atom. The summed E-state index contributed by atoms with van der Waals surface area (Å²) in [5.74, 6) is 1.81. The molecule has 1 fully saturated rings. The van der Waals surface area contributed by atoms with Gasteiger partial charge in [-0.15, -0.1) is 5.10 Å². The van der Waals surface area contributed by atoms with Crippen LogP contribution in [-0.2, 0) is 0 Å². The van der Waals surface area contributed by atoms with E-state index in [0.717, 1.165) is 43.3 Å². The number of piperazine rings is 1. The molecule has 1 saturated heterocycles. The molecule has 2 aromatic carbocycles. The molecule has 1 aliphatic rings. The van der Waals surface area contributed by atoms with E-state index in [-0.39, 0.29) is 5.82 Å². The third-order valence-electron chi connectivity index (χ3n) is 4.66. The molecular formula is C20H21FN6O. The number of halogens is 1. The zero-order chi connectivity index (χ0) is 19.3. The molecule has 1 aliphatic heterocycles. The number of hydrogen-bond donors (Lipinski definition) is 1. The van der Waals surface area contributed by atoms with Crippen molar-refractivity contribution in [3.05, 3.63) is 60.5 Å². The summed E-state index contributed by atoms with van der Waals surface area (Å²) in [5.41, 5.74) is 1.92. The average Bonchev–Trinajstić information content (AvgIpc) is 2.75. The van der Waals surface area contributed by atoms with Crippen LogP contribution >= 0.6 is 0 Å². The molecule has 0 spiro atoms. The van der Waals surface area contributed by atoms with Gasteiger partial charge in [0, 0.05) is 37.6 Å². The first-order valence-corrected chi connectivity index (χ1v) is 9.07. The summed E-state index contributed by atoms with van der Waals surface area (Å²) >= 11 is 0. The van der Waals surface area contributed by atoms with Gasteiger partial charge in [0.15, 0.2) is 5.82 Å². The summed E-state index contributed by atoms with van der Waals surface area (Å²) in [5, 5.41) is 11.5. The van der Waals surface area contributed by atoms with Crippen molar-refractivity contribution in [2.75, 3.05) is 48.4 Å². The highest BCUT2D eigenvalue weighted by atomic mass is 19.1. The Morgan fingerprint density at radius 3 is 2.29 bits per heavy atom. The Labute approximate surface area is 162 Å². The molecule has 144 valence electrons. The van der Waals surface area contributed by atoms with Crippen molar-refractivity contribution >= 4 is 23.1 Å². The second-order valence-corrected chi connectivity index (χ2v) is 6.45. The van der Waals surface area contributed by atoms with Gasteiger partial charge >= 0.3 is 0 Å². The standard InChI is InChI=1S/C20H21FN6O/c1-28-18-8-4-16(5-9-18)23-19-14-22-25-20(24-19)27-12-10-26(11-13-27)17-6-2-15(21)3-7-17/h2-9,14H,10-13H2,1H3,(H,23,24,25). The fourth-order valence-corrected chi connectivity index (χ4v) is 3.13. The van der Waals surface area contributed by atoms with E-state index in [9.17, 15) is 4.39 Å². The van der Waals surface area contributed by atoms with Gasteiger partial charge in [-0.3, -0.25) is 0 Å². The lowest BCUT2D eigenvalue weighted by atomic mass is 10.2. The summed E-state index contributed by atoms with van der Waals surface area (Å²) in [7, 11) is 1.64. The lowest BCUT2D eigenvalue weighted by molar-refractivity contribution is 0.415. The maximum absolute atomic E-state index is 13.1. The summed E-state index contributed by atoms with van der Waals surface area (Å²) < 4.78 is 18.3. The van der Waals surface area contributed by atoms with Gasteiger partial charge in [-0.2, -0.15) is 10.1 Å². The van der Waals surface area contributed by atoms with Gasteiger partial charge in [-0.25, -0.2) is 4.39 Å². The monoisotopic (exact) mass is 380 g/mol. The molecule has 1 N–H and O–H groups in total. The van der Waals surface area contributed by atoms with Crippen molar-refractivity contribution in [2.24, 2.45) is 0 Å². The van der Waals surface area contributed by atoms with Crippen LogP contribution in [0, 0.1) is 5.82 Å². The van der Waals surface area contributed by atoms with Crippen LogP contribution in [-0.4, -0.2) is 48.5 Å². The minimum absolute atomic E-state index is 0.219. The number of aromatic nitrogens is 3. The molecule has 7 nitrogen and oxygen atoms in total. The number of anilines is 4. The van der Waals surface area contributed by atoms with Crippen LogP contribution in [0.25, 0.3) is 0 Å². The maximum Gasteiger partial charge on any atom is 0.247 e. The van der Waals surface area contributed by atoms with E-state index in [4.69, 9.17) is 4.74 Å². The molecule has 4 rings (SSSR count). The topological polar surface area (TPSA) is 66.4 Å². The van der Waals surface area contributed by atoms with Gasteiger partial charge in [0.25, 0.3) is 0 Å². The van der Waals surface area contributed by atoms with E-state index in [2.05, 4.69) is 30.3 Å². The van der Waals surface area contributed by atoms with E-state index in [1.54, 1.807) is 13.3 Å². The molecule has 8 heteroatoms. The molecule has 0 unspecified atom stereocenters. The number of methoxy groups -OCH3 is 1.